The summed E-state index contributed by atoms with van der Waals surface area (Å²) in [7, 11) is 0. The normalized spacial score (nSPS) is 12.0. The van der Waals surface area contributed by atoms with Gasteiger partial charge in [0.15, 0.2) is 0 Å². The van der Waals surface area contributed by atoms with Crippen molar-refractivity contribution in [1.82, 2.24) is 0 Å². The third-order valence-electron chi connectivity index (χ3n) is 2.97. The molecule has 0 saturated heterocycles. The standard InChI is InChI=1S/C13H20N4O2/c1-10(2)4-5-11(3)17(16-19)13-8-6-12(7-9-13)14-15-18/h6-11H,4-5H2,1-3H3,(H,14,18). The average molecular weight is 264 g/mol. The lowest BCUT2D eigenvalue weighted by molar-refractivity contribution is 0.494. The van der Waals surface area contributed by atoms with Crippen molar-refractivity contribution in [3.63, 3.8) is 0 Å². The van der Waals surface area contributed by atoms with Crippen molar-refractivity contribution < 1.29 is 0 Å². The van der Waals surface area contributed by atoms with Crippen molar-refractivity contribution in [2.75, 3.05) is 10.4 Å². The van der Waals surface area contributed by atoms with Gasteiger partial charge < -0.3 is 0 Å². The molecule has 1 N–H and O–H groups in total. The minimum atomic E-state index is 0.0444. The van der Waals surface area contributed by atoms with Gasteiger partial charge in [-0.1, -0.05) is 13.8 Å². The molecule has 6 heteroatoms. The van der Waals surface area contributed by atoms with E-state index in [2.05, 4.69) is 29.8 Å². The van der Waals surface area contributed by atoms with E-state index in [0.29, 0.717) is 17.3 Å². The minimum Gasteiger partial charge on any atom is -0.242 e. The lowest BCUT2D eigenvalue weighted by Crippen LogP contribution is -2.27. The van der Waals surface area contributed by atoms with Crippen LogP contribution in [-0.2, 0) is 0 Å². The van der Waals surface area contributed by atoms with Crippen LogP contribution in [0.3, 0.4) is 0 Å². The van der Waals surface area contributed by atoms with Crippen LogP contribution >= 0.6 is 0 Å². The van der Waals surface area contributed by atoms with E-state index in [9.17, 15) is 9.81 Å². The van der Waals surface area contributed by atoms with Gasteiger partial charge in [0.2, 0.25) is 0 Å². The first-order valence-corrected chi connectivity index (χ1v) is 6.39. The van der Waals surface area contributed by atoms with E-state index in [1.165, 1.54) is 5.01 Å². The number of hydrogen-bond donors (Lipinski definition) is 1. The van der Waals surface area contributed by atoms with Crippen LogP contribution in [0.2, 0.25) is 0 Å². The summed E-state index contributed by atoms with van der Waals surface area (Å²) in [4.78, 5) is 21.1. The van der Waals surface area contributed by atoms with Crippen molar-refractivity contribution >= 4 is 11.4 Å². The summed E-state index contributed by atoms with van der Waals surface area (Å²) >= 11 is 0. The molecule has 1 atom stereocenters. The van der Waals surface area contributed by atoms with Crippen LogP contribution in [0.25, 0.3) is 0 Å². The van der Waals surface area contributed by atoms with Gasteiger partial charge in [-0.25, -0.2) is 10.4 Å². The number of benzene rings is 1. The molecule has 0 aliphatic carbocycles. The summed E-state index contributed by atoms with van der Waals surface area (Å²) in [5.74, 6) is 0.598. The zero-order chi connectivity index (χ0) is 14.3. The summed E-state index contributed by atoms with van der Waals surface area (Å²) in [6.45, 7) is 6.28. The maximum Gasteiger partial charge on any atom is 0.0630 e. The Labute approximate surface area is 113 Å². The summed E-state index contributed by atoms with van der Waals surface area (Å²) < 4.78 is 0. The monoisotopic (exact) mass is 264 g/mol. The topological polar surface area (TPSA) is 74.1 Å². The number of nitroso groups, excluding NO2 is 2. The van der Waals surface area contributed by atoms with Crippen LogP contribution in [0.15, 0.2) is 34.8 Å². The van der Waals surface area contributed by atoms with E-state index in [1.807, 2.05) is 6.92 Å². The molecule has 0 bridgehead atoms. The molecule has 0 aliphatic rings. The lowest BCUT2D eigenvalue weighted by atomic mass is 10.0. The predicted molar refractivity (Wildman–Crippen MR) is 77.7 cm³/mol. The Morgan fingerprint density at radius 1 is 1.11 bits per heavy atom. The largest absolute Gasteiger partial charge is 0.242 e. The van der Waals surface area contributed by atoms with Gasteiger partial charge in [0.05, 0.1) is 28.0 Å². The Balaban J connectivity index is 2.72. The second kappa shape index (κ2) is 7.45. The van der Waals surface area contributed by atoms with Crippen LogP contribution in [0.4, 0.5) is 11.4 Å². The van der Waals surface area contributed by atoms with Gasteiger partial charge in [-0.05, 0) is 49.9 Å². The van der Waals surface area contributed by atoms with Gasteiger partial charge in [-0.15, -0.1) is 9.81 Å². The maximum absolute atomic E-state index is 11.0. The lowest BCUT2D eigenvalue weighted by Gasteiger charge is -2.23. The molecule has 1 rings (SSSR count). The number of hydrogen-bond acceptors (Lipinski definition) is 4. The third kappa shape index (κ3) is 4.65. The van der Waals surface area contributed by atoms with Gasteiger partial charge in [-0.2, -0.15) is 0 Å². The van der Waals surface area contributed by atoms with Gasteiger partial charge in [0, 0.05) is 0 Å². The van der Waals surface area contributed by atoms with Gasteiger partial charge in [-0.3, -0.25) is 0 Å². The highest BCUT2D eigenvalue weighted by atomic mass is 16.3. The Hall–Kier alpha value is -1.98. The molecule has 0 saturated carbocycles. The third-order valence-corrected chi connectivity index (χ3v) is 2.97. The zero-order valence-corrected chi connectivity index (χ0v) is 11.5. The van der Waals surface area contributed by atoms with Crippen molar-refractivity contribution in [2.24, 2.45) is 16.5 Å². The Kier molecular flexibility index (Phi) is 5.92. The first kappa shape index (κ1) is 15.1. The predicted octanol–water partition coefficient (Wildman–Crippen LogP) is 4.09. The molecule has 0 aromatic heterocycles. The van der Waals surface area contributed by atoms with E-state index >= 15 is 0 Å². The fraction of sp³-hybridized carbons (Fsp3) is 0.538. The Bertz CT molecular complexity index is 406. The quantitative estimate of drug-likeness (QED) is 0.566. The van der Waals surface area contributed by atoms with Crippen LogP contribution < -0.4 is 10.4 Å². The molecule has 6 nitrogen and oxygen atoms in total. The SMILES string of the molecule is CC(C)CCC(C)N(N=O)c1ccc(NN=O)cc1. The second-order valence-electron chi connectivity index (χ2n) is 5.00. The summed E-state index contributed by atoms with van der Waals surface area (Å²) in [6, 6.07) is 6.89. The summed E-state index contributed by atoms with van der Waals surface area (Å²) in [6.07, 6.45) is 1.95. The Morgan fingerprint density at radius 2 is 1.74 bits per heavy atom. The number of nitrogens with zero attached hydrogens (tertiary/aromatic N) is 3. The molecular weight excluding hydrogens is 244 g/mol. The maximum atomic E-state index is 11.0. The van der Waals surface area contributed by atoms with E-state index in [-0.39, 0.29) is 6.04 Å². The van der Waals surface area contributed by atoms with Crippen LogP contribution in [0.1, 0.15) is 33.6 Å². The van der Waals surface area contributed by atoms with Crippen molar-refractivity contribution in [1.29, 1.82) is 0 Å². The molecule has 104 valence electrons. The Morgan fingerprint density at radius 3 is 2.21 bits per heavy atom. The first-order valence-electron chi connectivity index (χ1n) is 6.39. The molecule has 0 fully saturated rings. The molecule has 0 radical (unpaired) electrons. The average Bonchev–Trinajstić information content (AvgIpc) is 2.39. The first-order chi connectivity index (χ1) is 9.08. The fourth-order valence-corrected chi connectivity index (χ4v) is 1.82. The van der Waals surface area contributed by atoms with Crippen molar-refractivity contribution in [3.8, 4) is 0 Å². The second-order valence-corrected chi connectivity index (χ2v) is 5.00. The number of nitrogens with one attached hydrogen (secondary N) is 1. The van der Waals surface area contributed by atoms with E-state index < -0.39 is 0 Å². The van der Waals surface area contributed by atoms with Gasteiger partial charge in [0.1, 0.15) is 0 Å². The highest BCUT2D eigenvalue weighted by molar-refractivity contribution is 5.54. The van der Waals surface area contributed by atoms with Crippen molar-refractivity contribution in [2.45, 2.75) is 39.7 Å². The highest BCUT2D eigenvalue weighted by Crippen LogP contribution is 2.23. The molecule has 1 aromatic rings. The van der Waals surface area contributed by atoms with Crippen molar-refractivity contribution in [3.05, 3.63) is 34.1 Å². The molecular formula is C13H20N4O2. The molecule has 0 heterocycles. The molecule has 0 amide bonds. The smallest absolute Gasteiger partial charge is 0.0630 e. The van der Waals surface area contributed by atoms with Gasteiger partial charge >= 0.3 is 0 Å². The molecule has 0 aliphatic heterocycles. The van der Waals surface area contributed by atoms with Gasteiger partial charge in [0.25, 0.3) is 0 Å². The van der Waals surface area contributed by atoms with E-state index in [0.717, 1.165) is 12.8 Å². The molecule has 1 unspecified atom stereocenters. The molecule has 1 aromatic carbocycles. The van der Waals surface area contributed by atoms with Crippen LogP contribution in [0, 0.1) is 15.7 Å². The molecule has 19 heavy (non-hydrogen) atoms. The van der Waals surface area contributed by atoms with E-state index in [1.54, 1.807) is 24.3 Å². The zero-order valence-electron chi connectivity index (χ0n) is 11.5. The van der Waals surface area contributed by atoms with Crippen LogP contribution in [-0.4, -0.2) is 6.04 Å². The summed E-state index contributed by atoms with van der Waals surface area (Å²) in [5.41, 5.74) is 3.60. The van der Waals surface area contributed by atoms with Crippen LogP contribution in [0.5, 0.6) is 0 Å². The minimum absolute atomic E-state index is 0.0444. The number of anilines is 2. The highest BCUT2D eigenvalue weighted by Gasteiger charge is 2.15. The summed E-state index contributed by atoms with van der Waals surface area (Å²) in [5, 5.41) is 7.13. The number of rotatable bonds is 8. The fourth-order valence-electron chi connectivity index (χ4n) is 1.82. The molecule has 0 spiro atoms. The van der Waals surface area contributed by atoms with E-state index in [4.69, 9.17) is 0 Å².